The molecule has 1 aliphatic rings. The largest absolute Gasteiger partial charge is 0.481 e. The van der Waals surface area contributed by atoms with Gasteiger partial charge in [0.15, 0.2) is 0 Å². The van der Waals surface area contributed by atoms with Gasteiger partial charge in [0, 0.05) is 25.1 Å². The van der Waals surface area contributed by atoms with Gasteiger partial charge in [-0.1, -0.05) is 6.92 Å². The number of hydrogen-bond donors (Lipinski definition) is 1. The summed E-state index contributed by atoms with van der Waals surface area (Å²) in [6, 6.07) is 0. The van der Waals surface area contributed by atoms with Crippen molar-refractivity contribution in [1.29, 1.82) is 0 Å². The molecule has 0 saturated heterocycles. The molecule has 0 bridgehead atoms. The summed E-state index contributed by atoms with van der Waals surface area (Å²) in [7, 11) is 0. The quantitative estimate of drug-likeness (QED) is 0.848. The first kappa shape index (κ1) is 11.2. The van der Waals surface area contributed by atoms with Crippen LogP contribution in [-0.4, -0.2) is 20.6 Å². The van der Waals surface area contributed by atoms with E-state index in [1.807, 2.05) is 0 Å². The predicted molar refractivity (Wildman–Crippen MR) is 60.4 cm³/mol. The van der Waals surface area contributed by atoms with E-state index >= 15 is 0 Å². The van der Waals surface area contributed by atoms with Gasteiger partial charge in [-0.05, 0) is 25.7 Å². The molecule has 0 radical (unpaired) electrons. The van der Waals surface area contributed by atoms with Gasteiger partial charge >= 0.3 is 5.97 Å². The number of carboxylic acids is 1. The Hall–Kier alpha value is -1.32. The number of carbonyl (C=O) groups is 1. The smallest absolute Gasteiger partial charge is 0.303 e. The highest BCUT2D eigenvalue weighted by Gasteiger charge is 2.24. The normalized spacial score (nSPS) is 19.5. The number of aryl methyl sites for hydroxylation is 2. The summed E-state index contributed by atoms with van der Waals surface area (Å²) >= 11 is 0. The first-order valence-electron chi connectivity index (χ1n) is 5.88. The molecule has 0 spiro atoms. The van der Waals surface area contributed by atoms with Gasteiger partial charge in [-0.25, -0.2) is 4.98 Å². The van der Waals surface area contributed by atoms with E-state index in [1.54, 1.807) is 0 Å². The topological polar surface area (TPSA) is 55.1 Å². The predicted octanol–water partition coefficient (Wildman–Crippen LogP) is 1.79. The van der Waals surface area contributed by atoms with Crippen LogP contribution in [0.15, 0.2) is 0 Å². The van der Waals surface area contributed by atoms with E-state index in [-0.39, 0.29) is 12.3 Å². The first-order valence-corrected chi connectivity index (χ1v) is 5.88. The van der Waals surface area contributed by atoms with Gasteiger partial charge in [0.25, 0.3) is 0 Å². The number of fused-ring (bicyclic) bond motifs is 1. The fourth-order valence-corrected chi connectivity index (χ4v) is 2.51. The maximum absolute atomic E-state index is 10.7. The van der Waals surface area contributed by atoms with Crippen LogP contribution in [0, 0.1) is 12.8 Å². The molecule has 0 fully saturated rings. The number of hydrogen-bond acceptors (Lipinski definition) is 2. The van der Waals surface area contributed by atoms with E-state index in [9.17, 15) is 4.79 Å². The van der Waals surface area contributed by atoms with E-state index in [1.165, 1.54) is 5.69 Å². The Morgan fingerprint density at radius 3 is 3.00 bits per heavy atom. The number of rotatable bonds is 3. The molecule has 0 amide bonds. The van der Waals surface area contributed by atoms with E-state index in [4.69, 9.17) is 5.11 Å². The van der Waals surface area contributed by atoms with Crippen molar-refractivity contribution in [1.82, 2.24) is 9.55 Å². The molecular formula is C12H18N2O2. The molecule has 1 unspecified atom stereocenters. The van der Waals surface area contributed by atoms with Crippen molar-refractivity contribution in [2.24, 2.45) is 5.92 Å². The van der Waals surface area contributed by atoms with Gasteiger partial charge in [-0.3, -0.25) is 4.79 Å². The van der Waals surface area contributed by atoms with Gasteiger partial charge in [-0.2, -0.15) is 0 Å². The zero-order valence-electron chi connectivity index (χ0n) is 9.86. The fraction of sp³-hybridized carbons (Fsp3) is 0.667. The van der Waals surface area contributed by atoms with Gasteiger partial charge in [0.05, 0.1) is 5.69 Å². The molecule has 16 heavy (non-hydrogen) atoms. The summed E-state index contributed by atoms with van der Waals surface area (Å²) in [6.45, 7) is 5.01. The molecule has 2 heterocycles. The lowest BCUT2D eigenvalue weighted by molar-refractivity contribution is -0.138. The van der Waals surface area contributed by atoms with Crippen molar-refractivity contribution in [3.05, 3.63) is 17.2 Å². The lowest BCUT2D eigenvalue weighted by Crippen LogP contribution is -2.23. The Labute approximate surface area is 95.3 Å². The van der Waals surface area contributed by atoms with Gasteiger partial charge in [-0.15, -0.1) is 0 Å². The van der Waals surface area contributed by atoms with Crippen LogP contribution < -0.4 is 0 Å². The molecule has 4 nitrogen and oxygen atoms in total. The van der Waals surface area contributed by atoms with Gasteiger partial charge in [0.1, 0.15) is 5.82 Å². The maximum atomic E-state index is 10.7. The molecule has 1 atom stereocenters. The minimum atomic E-state index is -0.693. The second-order valence-corrected chi connectivity index (χ2v) is 4.53. The summed E-state index contributed by atoms with van der Waals surface area (Å²) in [5, 5.41) is 8.81. The molecular weight excluding hydrogens is 204 g/mol. The molecule has 1 N–H and O–H groups in total. The molecule has 0 saturated carbocycles. The highest BCUT2D eigenvalue weighted by atomic mass is 16.4. The molecule has 0 aliphatic carbocycles. The maximum Gasteiger partial charge on any atom is 0.303 e. The van der Waals surface area contributed by atoms with Gasteiger partial charge in [0.2, 0.25) is 0 Å². The third-order valence-electron chi connectivity index (χ3n) is 3.41. The van der Waals surface area contributed by atoms with Crippen LogP contribution in [0.5, 0.6) is 0 Å². The summed E-state index contributed by atoms with van der Waals surface area (Å²) < 4.78 is 2.20. The average Bonchev–Trinajstić information content (AvgIpc) is 2.55. The zero-order valence-corrected chi connectivity index (χ0v) is 9.86. The minimum Gasteiger partial charge on any atom is -0.481 e. The van der Waals surface area contributed by atoms with Crippen LogP contribution in [0.2, 0.25) is 0 Å². The number of carboxylic acid groups (broad SMARTS) is 1. The monoisotopic (exact) mass is 222 g/mol. The molecule has 0 aromatic carbocycles. The van der Waals surface area contributed by atoms with Crippen molar-refractivity contribution in [2.75, 3.05) is 0 Å². The van der Waals surface area contributed by atoms with E-state index < -0.39 is 5.97 Å². The third kappa shape index (κ3) is 1.96. The van der Waals surface area contributed by atoms with Gasteiger partial charge < -0.3 is 9.67 Å². The van der Waals surface area contributed by atoms with Crippen LogP contribution in [0.1, 0.15) is 37.0 Å². The lowest BCUT2D eigenvalue weighted by Gasteiger charge is -2.23. The number of nitrogens with zero attached hydrogens (tertiary/aromatic N) is 2. The zero-order chi connectivity index (χ0) is 11.7. The van der Waals surface area contributed by atoms with Crippen LogP contribution in [0.3, 0.4) is 0 Å². The molecule has 1 aromatic rings. The summed E-state index contributed by atoms with van der Waals surface area (Å²) in [5.41, 5.74) is 2.37. The molecule has 88 valence electrons. The second kappa shape index (κ2) is 4.28. The van der Waals surface area contributed by atoms with E-state index in [0.29, 0.717) is 0 Å². The Morgan fingerprint density at radius 1 is 1.62 bits per heavy atom. The Kier molecular flexibility index (Phi) is 2.99. The SMILES string of the molecule is CCc1nc2n(c1C)CC(CC(=O)O)CC2. The first-order chi connectivity index (χ1) is 7.61. The number of aliphatic carboxylic acids is 1. The van der Waals surface area contributed by atoms with Crippen molar-refractivity contribution in [2.45, 2.75) is 46.1 Å². The summed E-state index contributed by atoms with van der Waals surface area (Å²) in [4.78, 5) is 15.3. The van der Waals surface area contributed by atoms with Crippen LogP contribution in [0.4, 0.5) is 0 Å². The molecule has 1 aromatic heterocycles. The van der Waals surface area contributed by atoms with Crippen molar-refractivity contribution >= 4 is 5.97 Å². The van der Waals surface area contributed by atoms with Crippen molar-refractivity contribution in [3.63, 3.8) is 0 Å². The number of aromatic nitrogens is 2. The summed E-state index contributed by atoms with van der Waals surface area (Å²) in [5.74, 6) is 0.709. The molecule has 2 rings (SSSR count). The fourth-order valence-electron chi connectivity index (χ4n) is 2.51. The third-order valence-corrected chi connectivity index (χ3v) is 3.41. The standard InChI is InChI=1S/C12H18N2O2/c1-3-10-8(2)14-7-9(6-12(15)16)4-5-11(14)13-10/h9H,3-7H2,1-2H3,(H,15,16). The Morgan fingerprint density at radius 2 is 2.38 bits per heavy atom. The van der Waals surface area contributed by atoms with Crippen molar-refractivity contribution < 1.29 is 9.90 Å². The Bertz CT molecular complexity index is 409. The van der Waals surface area contributed by atoms with Crippen LogP contribution in [0.25, 0.3) is 0 Å². The highest BCUT2D eigenvalue weighted by Crippen LogP contribution is 2.25. The van der Waals surface area contributed by atoms with E-state index in [2.05, 4.69) is 23.4 Å². The van der Waals surface area contributed by atoms with E-state index in [0.717, 1.165) is 37.3 Å². The van der Waals surface area contributed by atoms with Crippen molar-refractivity contribution in [3.8, 4) is 0 Å². The minimum absolute atomic E-state index is 0.266. The summed E-state index contributed by atoms with van der Waals surface area (Å²) in [6.07, 6.45) is 3.10. The molecule has 1 aliphatic heterocycles. The average molecular weight is 222 g/mol. The van der Waals surface area contributed by atoms with Crippen LogP contribution in [-0.2, 0) is 24.2 Å². The Balaban J connectivity index is 2.19. The second-order valence-electron chi connectivity index (χ2n) is 4.53. The lowest BCUT2D eigenvalue weighted by atomic mass is 9.96. The molecule has 4 heteroatoms. The van der Waals surface area contributed by atoms with Crippen LogP contribution >= 0.6 is 0 Å². The highest BCUT2D eigenvalue weighted by molar-refractivity contribution is 5.67. The number of imidazole rings is 1.